The van der Waals surface area contributed by atoms with Gasteiger partial charge in [-0.25, -0.2) is 0 Å². The maximum atomic E-state index is 11.2. The highest BCUT2D eigenvalue weighted by Gasteiger charge is 2.17. The average molecular weight is 376 g/mol. The molecule has 1 unspecified atom stereocenters. The van der Waals surface area contributed by atoms with E-state index in [2.05, 4.69) is 28.2 Å². The molecule has 0 saturated carbocycles. The van der Waals surface area contributed by atoms with Gasteiger partial charge >= 0.3 is 5.97 Å². The van der Waals surface area contributed by atoms with Gasteiger partial charge in [0.1, 0.15) is 11.8 Å². The second-order valence-electron chi connectivity index (χ2n) is 4.65. The SMILES string of the molecule is CCCOc1ccc(Br)cc1CNC(CCSC)C(=O)O. The van der Waals surface area contributed by atoms with E-state index in [0.717, 1.165) is 28.0 Å². The Morgan fingerprint density at radius 2 is 2.29 bits per heavy atom. The summed E-state index contributed by atoms with van der Waals surface area (Å²) in [5, 5.41) is 12.3. The van der Waals surface area contributed by atoms with Crippen LogP contribution in [-0.4, -0.2) is 35.7 Å². The molecule has 118 valence electrons. The Morgan fingerprint density at radius 1 is 1.52 bits per heavy atom. The first-order valence-corrected chi connectivity index (χ1v) is 9.13. The number of halogens is 1. The molecule has 21 heavy (non-hydrogen) atoms. The summed E-state index contributed by atoms with van der Waals surface area (Å²) in [5.41, 5.74) is 0.966. The van der Waals surface area contributed by atoms with Gasteiger partial charge in [0.15, 0.2) is 0 Å². The Bertz CT molecular complexity index is 457. The number of thioether (sulfide) groups is 1. The van der Waals surface area contributed by atoms with E-state index in [1.54, 1.807) is 11.8 Å². The first-order chi connectivity index (χ1) is 10.1. The zero-order valence-electron chi connectivity index (χ0n) is 12.4. The van der Waals surface area contributed by atoms with Crippen LogP contribution in [-0.2, 0) is 11.3 Å². The van der Waals surface area contributed by atoms with Gasteiger partial charge in [-0.2, -0.15) is 11.8 Å². The molecular weight excluding hydrogens is 354 g/mol. The second kappa shape index (κ2) is 10.1. The summed E-state index contributed by atoms with van der Waals surface area (Å²) >= 11 is 5.09. The Labute approximate surface area is 138 Å². The lowest BCUT2D eigenvalue weighted by molar-refractivity contribution is -0.139. The molecule has 0 aliphatic carbocycles. The van der Waals surface area contributed by atoms with Crippen LogP contribution in [0.1, 0.15) is 25.3 Å². The highest BCUT2D eigenvalue weighted by atomic mass is 79.9. The lowest BCUT2D eigenvalue weighted by Crippen LogP contribution is -2.36. The summed E-state index contributed by atoms with van der Waals surface area (Å²) < 4.78 is 6.66. The van der Waals surface area contributed by atoms with Gasteiger partial charge in [-0.15, -0.1) is 0 Å². The molecule has 6 heteroatoms. The zero-order valence-corrected chi connectivity index (χ0v) is 14.8. The topological polar surface area (TPSA) is 58.6 Å². The molecule has 2 N–H and O–H groups in total. The van der Waals surface area contributed by atoms with Crippen LogP contribution in [0.3, 0.4) is 0 Å². The van der Waals surface area contributed by atoms with E-state index < -0.39 is 12.0 Å². The molecule has 1 atom stereocenters. The third kappa shape index (κ3) is 6.72. The second-order valence-corrected chi connectivity index (χ2v) is 6.55. The van der Waals surface area contributed by atoms with E-state index in [4.69, 9.17) is 4.74 Å². The van der Waals surface area contributed by atoms with Crippen molar-refractivity contribution >= 4 is 33.7 Å². The van der Waals surface area contributed by atoms with Crippen LogP contribution in [0.4, 0.5) is 0 Å². The molecule has 0 radical (unpaired) electrons. The molecule has 1 rings (SSSR count). The summed E-state index contributed by atoms with van der Waals surface area (Å²) in [6, 6.07) is 5.27. The van der Waals surface area contributed by atoms with Crippen molar-refractivity contribution in [2.24, 2.45) is 0 Å². The molecule has 0 spiro atoms. The lowest BCUT2D eigenvalue weighted by atomic mass is 10.1. The molecule has 0 saturated heterocycles. The van der Waals surface area contributed by atoms with Crippen LogP contribution in [0.5, 0.6) is 5.75 Å². The fourth-order valence-electron chi connectivity index (χ4n) is 1.82. The first-order valence-electron chi connectivity index (χ1n) is 6.94. The minimum Gasteiger partial charge on any atom is -0.493 e. The third-order valence-corrected chi connectivity index (χ3v) is 4.07. The van der Waals surface area contributed by atoms with E-state index in [-0.39, 0.29) is 0 Å². The number of carbonyl (C=O) groups is 1. The normalized spacial score (nSPS) is 12.1. The molecular formula is C15H22BrNO3S. The minimum absolute atomic E-state index is 0.476. The summed E-state index contributed by atoms with van der Waals surface area (Å²) in [4.78, 5) is 11.2. The van der Waals surface area contributed by atoms with E-state index in [1.165, 1.54) is 0 Å². The van der Waals surface area contributed by atoms with Gasteiger partial charge in [0, 0.05) is 16.6 Å². The van der Waals surface area contributed by atoms with Crippen molar-refractivity contribution in [1.82, 2.24) is 5.32 Å². The summed E-state index contributed by atoms with van der Waals surface area (Å²) in [6.07, 6.45) is 3.52. The van der Waals surface area contributed by atoms with Crippen molar-refractivity contribution in [3.05, 3.63) is 28.2 Å². The van der Waals surface area contributed by atoms with Gasteiger partial charge in [-0.05, 0) is 43.0 Å². The highest BCUT2D eigenvalue weighted by Crippen LogP contribution is 2.23. The van der Waals surface area contributed by atoms with Gasteiger partial charge in [-0.1, -0.05) is 22.9 Å². The van der Waals surface area contributed by atoms with Crippen LogP contribution in [0.2, 0.25) is 0 Å². The Morgan fingerprint density at radius 3 is 2.90 bits per heavy atom. The van der Waals surface area contributed by atoms with Crippen LogP contribution >= 0.6 is 27.7 Å². The largest absolute Gasteiger partial charge is 0.493 e. The van der Waals surface area contributed by atoms with Gasteiger partial charge in [0.25, 0.3) is 0 Å². The molecule has 0 fully saturated rings. The van der Waals surface area contributed by atoms with Crippen molar-refractivity contribution < 1.29 is 14.6 Å². The predicted molar refractivity (Wildman–Crippen MR) is 91.2 cm³/mol. The number of ether oxygens (including phenoxy) is 1. The number of hydrogen-bond donors (Lipinski definition) is 2. The Balaban J connectivity index is 2.70. The fourth-order valence-corrected chi connectivity index (χ4v) is 2.70. The van der Waals surface area contributed by atoms with E-state index in [9.17, 15) is 9.90 Å². The number of hydrogen-bond acceptors (Lipinski definition) is 4. The maximum absolute atomic E-state index is 11.2. The average Bonchev–Trinajstić information content (AvgIpc) is 2.46. The maximum Gasteiger partial charge on any atom is 0.320 e. The minimum atomic E-state index is -0.810. The van der Waals surface area contributed by atoms with Crippen LogP contribution in [0.25, 0.3) is 0 Å². The van der Waals surface area contributed by atoms with Crippen LogP contribution < -0.4 is 10.1 Å². The predicted octanol–water partition coefficient (Wildman–Crippen LogP) is 3.53. The number of nitrogens with one attached hydrogen (secondary N) is 1. The van der Waals surface area contributed by atoms with Crippen LogP contribution in [0.15, 0.2) is 22.7 Å². The smallest absolute Gasteiger partial charge is 0.320 e. The van der Waals surface area contributed by atoms with Crippen molar-refractivity contribution in [1.29, 1.82) is 0 Å². The number of aliphatic carboxylic acids is 1. The van der Waals surface area contributed by atoms with Crippen LogP contribution in [0, 0.1) is 0 Å². The highest BCUT2D eigenvalue weighted by molar-refractivity contribution is 9.10. The lowest BCUT2D eigenvalue weighted by Gasteiger charge is -2.16. The zero-order chi connectivity index (χ0) is 15.7. The van der Waals surface area contributed by atoms with E-state index in [1.807, 2.05) is 24.5 Å². The van der Waals surface area contributed by atoms with Crippen molar-refractivity contribution in [2.45, 2.75) is 32.4 Å². The van der Waals surface area contributed by atoms with Crippen molar-refractivity contribution in [3.8, 4) is 5.75 Å². The number of rotatable bonds is 10. The molecule has 0 aliphatic heterocycles. The van der Waals surface area contributed by atoms with Gasteiger partial charge in [0.2, 0.25) is 0 Å². The number of carboxylic acid groups (broad SMARTS) is 1. The van der Waals surface area contributed by atoms with Gasteiger partial charge < -0.3 is 15.2 Å². The van der Waals surface area contributed by atoms with Gasteiger partial charge in [-0.3, -0.25) is 4.79 Å². The summed E-state index contributed by atoms with van der Waals surface area (Å²) in [6.45, 7) is 3.19. The first kappa shape index (κ1) is 18.3. The molecule has 0 aliphatic rings. The van der Waals surface area contributed by atoms with E-state index >= 15 is 0 Å². The molecule has 0 heterocycles. The quantitative estimate of drug-likeness (QED) is 0.654. The fraction of sp³-hybridized carbons (Fsp3) is 0.533. The molecule has 0 aromatic heterocycles. The Kier molecular flexibility index (Phi) is 8.80. The number of carboxylic acids is 1. The summed E-state index contributed by atoms with van der Waals surface area (Å²) in [5.74, 6) is 0.818. The molecule has 1 aromatic carbocycles. The van der Waals surface area contributed by atoms with E-state index in [0.29, 0.717) is 19.6 Å². The molecule has 0 amide bonds. The molecule has 1 aromatic rings. The van der Waals surface area contributed by atoms with Crippen molar-refractivity contribution in [3.63, 3.8) is 0 Å². The molecule has 0 bridgehead atoms. The number of benzene rings is 1. The summed E-state index contributed by atoms with van der Waals surface area (Å²) in [7, 11) is 0. The Hall–Kier alpha value is -0.720. The van der Waals surface area contributed by atoms with Gasteiger partial charge in [0.05, 0.1) is 6.61 Å². The van der Waals surface area contributed by atoms with Crippen molar-refractivity contribution in [2.75, 3.05) is 18.6 Å². The monoisotopic (exact) mass is 375 g/mol. The molecule has 4 nitrogen and oxygen atoms in total. The standard InChI is InChI=1S/C15H22BrNO3S/c1-3-7-20-14-5-4-12(16)9-11(14)10-17-13(15(18)19)6-8-21-2/h4-5,9,13,17H,3,6-8,10H2,1-2H3,(H,18,19). The third-order valence-electron chi connectivity index (χ3n) is 2.93.